The number of aromatic amines is 1. The Morgan fingerprint density at radius 2 is 1.65 bits per heavy atom. The number of benzene rings is 2. The summed E-state index contributed by atoms with van der Waals surface area (Å²) in [7, 11) is 0. The lowest BCUT2D eigenvalue weighted by molar-refractivity contribution is 1.00. The molecule has 0 fully saturated rings. The first kappa shape index (κ1) is 10.4. The van der Waals surface area contributed by atoms with Crippen molar-refractivity contribution in [1.29, 1.82) is 0 Å². The molecule has 0 unspecified atom stereocenters. The third-order valence-corrected chi connectivity index (χ3v) is 3.20. The molecule has 3 rings (SSSR count). The summed E-state index contributed by atoms with van der Waals surface area (Å²) < 4.78 is 0. The fourth-order valence-corrected chi connectivity index (χ4v) is 2.12. The number of hydrogen-bond acceptors (Lipinski definition) is 1. The van der Waals surface area contributed by atoms with Gasteiger partial charge in [-0.1, -0.05) is 42.5 Å². The monoisotopic (exact) mass is 242 g/mol. The van der Waals surface area contributed by atoms with Crippen LogP contribution in [-0.2, 0) is 0 Å². The van der Waals surface area contributed by atoms with E-state index in [1.54, 1.807) is 0 Å². The Morgan fingerprint density at radius 3 is 2.41 bits per heavy atom. The predicted molar refractivity (Wildman–Crippen MR) is 70.2 cm³/mol. The maximum atomic E-state index is 6.41. The molecule has 17 heavy (non-hydrogen) atoms. The van der Waals surface area contributed by atoms with Gasteiger partial charge in [0.15, 0.2) is 0 Å². The summed E-state index contributed by atoms with van der Waals surface area (Å²) in [5, 5.41) is -0.233. The van der Waals surface area contributed by atoms with Gasteiger partial charge in [0.2, 0.25) is 0 Å². The van der Waals surface area contributed by atoms with Crippen LogP contribution < -0.4 is 0 Å². The molecule has 2 nitrogen and oxygen atoms in total. The second-order valence-electron chi connectivity index (χ2n) is 3.91. The van der Waals surface area contributed by atoms with Gasteiger partial charge in [-0.3, -0.25) is 0 Å². The Balaban J connectivity index is 2.04. The summed E-state index contributed by atoms with van der Waals surface area (Å²) in [6.45, 7) is 0. The molecule has 0 aliphatic heterocycles. The first-order valence-electron chi connectivity index (χ1n) is 5.48. The number of para-hydroxylation sites is 2. The molecule has 2 aromatic carbocycles. The van der Waals surface area contributed by atoms with Crippen molar-refractivity contribution in [3.8, 4) is 0 Å². The van der Waals surface area contributed by atoms with E-state index in [1.165, 1.54) is 0 Å². The van der Waals surface area contributed by atoms with Gasteiger partial charge in [-0.15, -0.1) is 11.6 Å². The highest BCUT2D eigenvalue weighted by Gasteiger charge is 2.14. The Morgan fingerprint density at radius 1 is 0.941 bits per heavy atom. The van der Waals surface area contributed by atoms with E-state index in [9.17, 15) is 0 Å². The normalized spacial score (nSPS) is 12.8. The van der Waals surface area contributed by atoms with Crippen LogP contribution in [0.1, 0.15) is 16.8 Å². The maximum Gasteiger partial charge on any atom is 0.129 e. The van der Waals surface area contributed by atoms with Gasteiger partial charge in [0, 0.05) is 0 Å². The molecule has 3 aromatic rings. The number of fused-ring (bicyclic) bond motifs is 1. The SMILES string of the molecule is Cl[C@@H](c1ccccc1)c1nc2ccccc2[nH]1. The van der Waals surface area contributed by atoms with E-state index in [-0.39, 0.29) is 5.38 Å². The van der Waals surface area contributed by atoms with Crippen molar-refractivity contribution in [1.82, 2.24) is 9.97 Å². The molecule has 0 saturated heterocycles. The Labute approximate surface area is 104 Å². The zero-order chi connectivity index (χ0) is 11.7. The van der Waals surface area contributed by atoms with Crippen LogP contribution in [0.15, 0.2) is 54.6 Å². The number of imidazole rings is 1. The minimum atomic E-state index is -0.233. The standard InChI is InChI=1S/C14H11ClN2/c15-13(10-6-2-1-3-7-10)14-16-11-8-4-5-9-12(11)17-14/h1-9,13H,(H,16,17)/t13-/m0/s1. The first-order chi connectivity index (χ1) is 8.34. The van der Waals surface area contributed by atoms with Crippen LogP contribution in [0.3, 0.4) is 0 Å². The fourth-order valence-electron chi connectivity index (χ4n) is 1.87. The molecular weight excluding hydrogens is 232 g/mol. The minimum Gasteiger partial charge on any atom is -0.340 e. The van der Waals surface area contributed by atoms with Crippen molar-refractivity contribution < 1.29 is 0 Å². The molecule has 1 atom stereocenters. The lowest BCUT2D eigenvalue weighted by atomic mass is 10.1. The zero-order valence-corrected chi connectivity index (χ0v) is 9.85. The summed E-state index contributed by atoms with van der Waals surface area (Å²) in [6.07, 6.45) is 0. The number of hydrogen-bond donors (Lipinski definition) is 1. The van der Waals surface area contributed by atoms with Gasteiger partial charge in [0.25, 0.3) is 0 Å². The van der Waals surface area contributed by atoms with Gasteiger partial charge in [-0.25, -0.2) is 4.98 Å². The van der Waals surface area contributed by atoms with Crippen LogP contribution in [0.2, 0.25) is 0 Å². The lowest BCUT2D eigenvalue weighted by Gasteiger charge is -2.05. The molecule has 0 aliphatic carbocycles. The highest BCUT2D eigenvalue weighted by Crippen LogP contribution is 2.27. The van der Waals surface area contributed by atoms with Gasteiger partial charge in [-0.05, 0) is 17.7 Å². The highest BCUT2D eigenvalue weighted by atomic mass is 35.5. The van der Waals surface area contributed by atoms with Crippen molar-refractivity contribution >= 4 is 22.6 Å². The van der Waals surface area contributed by atoms with E-state index in [4.69, 9.17) is 11.6 Å². The van der Waals surface area contributed by atoms with Crippen LogP contribution in [0.5, 0.6) is 0 Å². The zero-order valence-electron chi connectivity index (χ0n) is 9.10. The molecule has 0 bridgehead atoms. The highest BCUT2D eigenvalue weighted by molar-refractivity contribution is 6.22. The molecule has 3 heteroatoms. The van der Waals surface area contributed by atoms with E-state index in [0.29, 0.717) is 0 Å². The number of alkyl halides is 1. The van der Waals surface area contributed by atoms with Crippen molar-refractivity contribution in [2.45, 2.75) is 5.38 Å². The van der Waals surface area contributed by atoms with E-state index in [2.05, 4.69) is 9.97 Å². The minimum absolute atomic E-state index is 0.233. The summed E-state index contributed by atoms with van der Waals surface area (Å²) in [6, 6.07) is 17.9. The van der Waals surface area contributed by atoms with E-state index in [0.717, 1.165) is 22.4 Å². The van der Waals surface area contributed by atoms with Crippen molar-refractivity contribution in [3.05, 3.63) is 66.0 Å². The van der Waals surface area contributed by atoms with Gasteiger partial charge in [0.1, 0.15) is 11.2 Å². The number of nitrogens with zero attached hydrogens (tertiary/aromatic N) is 1. The lowest BCUT2D eigenvalue weighted by Crippen LogP contribution is -1.94. The molecule has 0 radical (unpaired) electrons. The van der Waals surface area contributed by atoms with Crippen LogP contribution in [-0.4, -0.2) is 9.97 Å². The molecule has 0 saturated carbocycles. The van der Waals surface area contributed by atoms with Gasteiger partial charge in [-0.2, -0.15) is 0 Å². The van der Waals surface area contributed by atoms with Crippen molar-refractivity contribution in [2.75, 3.05) is 0 Å². The van der Waals surface area contributed by atoms with Crippen LogP contribution >= 0.6 is 11.6 Å². The topological polar surface area (TPSA) is 28.7 Å². The fraction of sp³-hybridized carbons (Fsp3) is 0.0714. The molecular formula is C14H11ClN2. The average Bonchev–Trinajstić information content (AvgIpc) is 2.82. The number of rotatable bonds is 2. The third kappa shape index (κ3) is 1.92. The second kappa shape index (κ2) is 4.22. The van der Waals surface area contributed by atoms with Gasteiger partial charge in [0.05, 0.1) is 11.0 Å². The van der Waals surface area contributed by atoms with Crippen molar-refractivity contribution in [3.63, 3.8) is 0 Å². The molecule has 84 valence electrons. The smallest absolute Gasteiger partial charge is 0.129 e. The number of nitrogens with one attached hydrogen (secondary N) is 1. The third-order valence-electron chi connectivity index (χ3n) is 2.74. The van der Waals surface area contributed by atoms with Gasteiger partial charge >= 0.3 is 0 Å². The van der Waals surface area contributed by atoms with Crippen LogP contribution in [0.25, 0.3) is 11.0 Å². The van der Waals surface area contributed by atoms with E-state index < -0.39 is 0 Å². The summed E-state index contributed by atoms with van der Waals surface area (Å²) in [5.41, 5.74) is 3.02. The summed E-state index contributed by atoms with van der Waals surface area (Å²) >= 11 is 6.41. The molecule has 1 N–H and O–H groups in total. The average molecular weight is 243 g/mol. The predicted octanol–water partition coefficient (Wildman–Crippen LogP) is 3.89. The first-order valence-corrected chi connectivity index (χ1v) is 5.92. The molecule has 0 amide bonds. The summed E-state index contributed by atoms with van der Waals surface area (Å²) in [4.78, 5) is 7.75. The maximum absolute atomic E-state index is 6.41. The Kier molecular flexibility index (Phi) is 2.57. The number of H-pyrrole nitrogens is 1. The Bertz CT molecular complexity index is 598. The number of halogens is 1. The number of aromatic nitrogens is 2. The Hall–Kier alpha value is -1.80. The second-order valence-corrected chi connectivity index (χ2v) is 4.35. The van der Waals surface area contributed by atoms with E-state index >= 15 is 0 Å². The molecule has 1 aromatic heterocycles. The largest absolute Gasteiger partial charge is 0.340 e. The van der Waals surface area contributed by atoms with Crippen LogP contribution in [0.4, 0.5) is 0 Å². The molecule has 0 aliphatic rings. The van der Waals surface area contributed by atoms with Crippen LogP contribution in [0, 0.1) is 0 Å². The molecule has 0 spiro atoms. The quantitative estimate of drug-likeness (QED) is 0.679. The molecule has 1 heterocycles. The van der Waals surface area contributed by atoms with Gasteiger partial charge < -0.3 is 4.98 Å². The van der Waals surface area contributed by atoms with E-state index in [1.807, 2.05) is 54.6 Å². The van der Waals surface area contributed by atoms with Crippen molar-refractivity contribution in [2.24, 2.45) is 0 Å². The summed E-state index contributed by atoms with van der Waals surface area (Å²) in [5.74, 6) is 0.791.